The highest BCUT2D eigenvalue weighted by Gasteiger charge is 2.26. The normalized spacial score (nSPS) is 22.5. The second-order valence-electron chi connectivity index (χ2n) is 5.90. The number of nitrogens with two attached hydrogens (primary N) is 1. The Morgan fingerprint density at radius 3 is 2.95 bits per heavy atom. The summed E-state index contributed by atoms with van der Waals surface area (Å²) in [4.78, 5) is 7.00. The van der Waals surface area contributed by atoms with Crippen molar-refractivity contribution >= 4 is 16.6 Å². The Morgan fingerprint density at radius 2 is 2.19 bits per heavy atom. The van der Waals surface area contributed by atoms with Crippen LogP contribution in [0.25, 0.3) is 10.8 Å². The lowest BCUT2D eigenvalue weighted by Crippen LogP contribution is -2.43. The lowest BCUT2D eigenvalue weighted by molar-refractivity contribution is 0.307. The molecule has 0 spiro atoms. The van der Waals surface area contributed by atoms with E-state index in [-0.39, 0.29) is 0 Å². The first-order valence-corrected chi connectivity index (χ1v) is 7.61. The molecule has 0 saturated carbocycles. The van der Waals surface area contributed by atoms with Gasteiger partial charge in [0.2, 0.25) is 0 Å². The molecule has 1 saturated heterocycles. The van der Waals surface area contributed by atoms with Crippen molar-refractivity contribution in [2.24, 2.45) is 17.6 Å². The van der Waals surface area contributed by atoms with E-state index in [1.54, 1.807) is 7.11 Å². The summed E-state index contributed by atoms with van der Waals surface area (Å²) in [5, 5.41) is 2.27. The molecule has 21 heavy (non-hydrogen) atoms. The summed E-state index contributed by atoms with van der Waals surface area (Å²) in [6.45, 7) is 5.07. The molecule has 1 aromatic heterocycles. The third-order valence-electron chi connectivity index (χ3n) is 4.68. The number of hydrogen-bond acceptors (Lipinski definition) is 4. The van der Waals surface area contributed by atoms with Crippen molar-refractivity contribution in [1.82, 2.24) is 4.98 Å². The highest BCUT2D eigenvalue weighted by molar-refractivity contribution is 5.96. The molecule has 4 nitrogen and oxygen atoms in total. The highest BCUT2D eigenvalue weighted by atomic mass is 16.5. The van der Waals surface area contributed by atoms with Gasteiger partial charge in [-0.05, 0) is 36.9 Å². The van der Waals surface area contributed by atoms with E-state index in [4.69, 9.17) is 10.5 Å². The Balaban J connectivity index is 2.01. The van der Waals surface area contributed by atoms with Gasteiger partial charge in [0.15, 0.2) is 0 Å². The number of hydrogen-bond donors (Lipinski definition) is 1. The number of nitrogens with zero attached hydrogens (tertiary/aromatic N) is 2. The molecule has 1 fully saturated rings. The first-order chi connectivity index (χ1) is 10.2. The molecular formula is C17H23N3O. The van der Waals surface area contributed by atoms with Crippen LogP contribution in [0.3, 0.4) is 0 Å². The van der Waals surface area contributed by atoms with Crippen LogP contribution >= 0.6 is 0 Å². The fraction of sp³-hybridized carbons (Fsp3) is 0.471. The van der Waals surface area contributed by atoms with Gasteiger partial charge in [-0.2, -0.15) is 0 Å². The zero-order valence-electron chi connectivity index (χ0n) is 12.7. The molecule has 0 radical (unpaired) electrons. The van der Waals surface area contributed by atoms with Gasteiger partial charge in [-0.1, -0.05) is 19.1 Å². The minimum Gasteiger partial charge on any atom is -0.496 e. The topological polar surface area (TPSA) is 51.4 Å². The predicted molar refractivity (Wildman–Crippen MR) is 86.8 cm³/mol. The van der Waals surface area contributed by atoms with Crippen molar-refractivity contribution in [2.45, 2.75) is 13.3 Å². The minimum absolute atomic E-state index is 0.543. The molecule has 3 rings (SSSR count). The van der Waals surface area contributed by atoms with Crippen molar-refractivity contribution in [2.75, 3.05) is 31.6 Å². The van der Waals surface area contributed by atoms with Gasteiger partial charge >= 0.3 is 0 Å². The first kappa shape index (κ1) is 14.1. The summed E-state index contributed by atoms with van der Waals surface area (Å²) in [6, 6.07) is 8.16. The molecule has 2 atom stereocenters. The zero-order chi connectivity index (χ0) is 14.8. The number of piperidine rings is 1. The maximum absolute atomic E-state index is 5.93. The molecule has 2 heterocycles. The molecule has 1 aliphatic rings. The van der Waals surface area contributed by atoms with E-state index in [0.29, 0.717) is 11.8 Å². The first-order valence-electron chi connectivity index (χ1n) is 7.61. The second kappa shape index (κ2) is 5.90. The lowest BCUT2D eigenvalue weighted by atomic mass is 9.87. The molecular weight excluding hydrogens is 262 g/mol. The van der Waals surface area contributed by atoms with Crippen LogP contribution in [-0.4, -0.2) is 31.7 Å². The number of pyridine rings is 1. The van der Waals surface area contributed by atoms with Crippen LogP contribution in [0.4, 0.5) is 5.82 Å². The van der Waals surface area contributed by atoms with Crippen molar-refractivity contribution in [3.05, 3.63) is 30.5 Å². The van der Waals surface area contributed by atoms with Gasteiger partial charge in [0, 0.05) is 30.1 Å². The van der Waals surface area contributed by atoms with Crippen LogP contribution in [0, 0.1) is 11.8 Å². The number of benzene rings is 1. The molecule has 0 amide bonds. The van der Waals surface area contributed by atoms with E-state index in [2.05, 4.69) is 22.9 Å². The largest absolute Gasteiger partial charge is 0.496 e. The number of ether oxygens (including phenoxy) is 1. The molecule has 2 unspecified atom stereocenters. The SMILES string of the molecule is COc1cccc2c(N3CCC(C)C(CN)C3)nccc12. The third kappa shape index (κ3) is 2.56. The fourth-order valence-corrected chi connectivity index (χ4v) is 3.24. The molecule has 1 aromatic carbocycles. The molecule has 112 valence electrons. The predicted octanol–water partition coefficient (Wildman–Crippen LogP) is 2.66. The number of rotatable bonds is 3. The molecule has 4 heteroatoms. The minimum atomic E-state index is 0.543. The van der Waals surface area contributed by atoms with E-state index < -0.39 is 0 Å². The standard InChI is InChI=1S/C17H23N3O/c1-12-7-9-20(11-13(12)10-18)17-15-4-3-5-16(21-2)14(15)6-8-19-17/h3-6,8,12-13H,7,9-11,18H2,1-2H3. The van der Waals surface area contributed by atoms with Crippen LogP contribution in [0.2, 0.25) is 0 Å². The average molecular weight is 285 g/mol. The van der Waals surface area contributed by atoms with Crippen LogP contribution in [-0.2, 0) is 0 Å². The van der Waals surface area contributed by atoms with Crippen molar-refractivity contribution in [3.8, 4) is 5.75 Å². The Labute approximate surface area is 125 Å². The van der Waals surface area contributed by atoms with Gasteiger partial charge < -0.3 is 15.4 Å². The highest BCUT2D eigenvalue weighted by Crippen LogP contribution is 2.33. The fourth-order valence-electron chi connectivity index (χ4n) is 3.24. The number of fused-ring (bicyclic) bond motifs is 1. The molecule has 0 bridgehead atoms. The Hall–Kier alpha value is -1.81. The summed E-state index contributed by atoms with van der Waals surface area (Å²) in [6.07, 6.45) is 3.04. The smallest absolute Gasteiger partial charge is 0.136 e. The summed E-state index contributed by atoms with van der Waals surface area (Å²) in [7, 11) is 1.71. The van der Waals surface area contributed by atoms with E-state index in [1.165, 1.54) is 6.42 Å². The van der Waals surface area contributed by atoms with Crippen LogP contribution < -0.4 is 15.4 Å². The number of methoxy groups -OCH3 is 1. The molecule has 2 aromatic rings. The Morgan fingerprint density at radius 1 is 1.33 bits per heavy atom. The lowest BCUT2D eigenvalue weighted by Gasteiger charge is -2.37. The molecule has 2 N–H and O–H groups in total. The molecule has 0 aliphatic carbocycles. The Kier molecular flexibility index (Phi) is 3.97. The molecule has 1 aliphatic heterocycles. The van der Waals surface area contributed by atoms with Gasteiger partial charge in [-0.3, -0.25) is 0 Å². The van der Waals surface area contributed by atoms with Crippen LogP contribution in [0.5, 0.6) is 5.75 Å². The van der Waals surface area contributed by atoms with Crippen molar-refractivity contribution in [1.29, 1.82) is 0 Å². The van der Waals surface area contributed by atoms with Crippen molar-refractivity contribution < 1.29 is 4.74 Å². The third-order valence-corrected chi connectivity index (χ3v) is 4.68. The van der Waals surface area contributed by atoms with E-state index in [0.717, 1.165) is 42.0 Å². The summed E-state index contributed by atoms with van der Waals surface area (Å²) < 4.78 is 5.46. The van der Waals surface area contributed by atoms with Crippen LogP contribution in [0.15, 0.2) is 30.5 Å². The van der Waals surface area contributed by atoms with E-state index in [9.17, 15) is 0 Å². The van der Waals surface area contributed by atoms with Gasteiger partial charge in [-0.15, -0.1) is 0 Å². The average Bonchev–Trinajstić information content (AvgIpc) is 2.54. The summed E-state index contributed by atoms with van der Waals surface area (Å²) in [5.41, 5.74) is 5.93. The van der Waals surface area contributed by atoms with Gasteiger partial charge in [0.05, 0.1) is 7.11 Å². The summed E-state index contributed by atoms with van der Waals surface area (Å²) in [5.74, 6) is 3.19. The Bertz CT molecular complexity index is 628. The monoisotopic (exact) mass is 285 g/mol. The van der Waals surface area contributed by atoms with Gasteiger partial charge in [-0.25, -0.2) is 4.98 Å². The van der Waals surface area contributed by atoms with Crippen LogP contribution in [0.1, 0.15) is 13.3 Å². The zero-order valence-corrected chi connectivity index (χ0v) is 12.7. The van der Waals surface area contributed by atoms with E-state index >= 15 is 0 Å². The van der Waals surface area contributed by atoms with Gasteiger partial charge in [0.1, 0.15) is 11.6 Å². The van der Waals surface area contributed by atoms with Gasteiger partial charge in [0.25, 0.3) is 0 Å². The maximum Gasteiger partial charge on any atom is 0.136 e. The number of anilines is 1. The maximum atomic E-state index is 5.93. The number of aromatic nitrogens is 1. The van der Waals surface area contributed by atoms with Crippen molar-refractivity contribution in [3.63, 3.8) is 0 Å². The second-order valence-corrected chi connectivity index (χ2v) is 5.90. The van der Waals surface area contributed by atoms with E-state index in [1.807, 2.05) is 24.4 Å². The quantitative estimate of drug-likeness (QED) is 0.942. The summed E-state index contributed by atoms with van der Waals surface area (Å²) >= 11 is 0.